The van der Waals surface area contributed by atoms with Crippen LogP contribution in [0.15, 0.2) is 400 Å². The van der Waals surface area contributed by atoms with E-state index < -0.39 is 0 Å². The van der Waals surface area contributed by atoms with E-state index in [4.69, 9.17) is 0 Å². The van der Waals surface area contributed by atoms with Crippen molar-refractivity contribution in [1.29, 1.82) is 0 Å². The summed E-state index contributed by atoms with van der Waals surface area (Å²) in [4.78, 5) is 0. The quantitative estimate of drug-likeness (QED) is 0.120. The van der Waals surface area contributed by atoms with Gasteiger partial charge < -0.3 is 0 Å². The minimum atomic E-state index is 1.10. The molecule has 18 aromatic rings. The molecule has 0 radical (unpaired) electrons. The molecule has 0 heteroatoms. The fourth-order valence-corrected chi connectivity index (χ4v) is 12.7. The molecule has 0 spiro atoms. The lowest BCUT2D eigenvalue weighted by atomic mass is 9.95. The first-order valence-corrected chi connectivity index (χ1v) is 32.8. The van der Waals surface area contributed by atoms with Gasteiger partial charge in [-0.05, 0) is 169 Å². The summed E-state index contributed by atoms with van der Waals surface area (Å²) in [5.41, 5.74) is 13.5. The Balaban J connectivity index is 0.000000102. The summed E-state index contributed by atoms with van der Waals surface area (Å²) >= 11 is 0. The number of rotatable bonds is 2. The highest BCUT2D eigenvalue weighted by Crippen LogP contribution is 2.37. The number of aryl methyl sites for hydroxylation is 2. The average Bonchev–Trinajstić information content (AvgIpc) is 1.42. The van der Waals surface area contributed by atoms with Crippen LogP contribution in [0.1, 0.15) is 22.3 Å². The number of benzene rings is 18. The van der Waals surface area contributed by atoms with Crippen molar-refractivity contribution in [2.45, 2.75) is 20.3 Å². The smallest absolute Gasteiger partial charge is 0.00135 e. The van der Waals surface area contributed by atoms with Crippen molar-refractivity contribution < 1.29 is 0 Å². The van der Waals surface area contributed by atoms with Gasteiger partial charge >= 0.3 is 0 Å². The number of hydrogen-bond acceptors (Lipinski definition) is 0. The Bertz CT molecular complexity index is 4950. The molecular weight excluding hydrogens is 1140 g/mol. The van der Waals surface area contributed by atoms with Gasteiger partial charge in [0.2, 0.25) is 0 Å². The maximum Gasteiger partial charge on any atom is -0.00135 e. The van der Waals surface area contributed by atoms with Gasteiger partial charge in [-0.25, -0.2) is 0 Å². The lowest BCUT2D eigenvalue weighted by Crippen LogP contribution is -1.81. The zero-order chi connectivity index (χ0) is 64.4. The van der Waals surface area contributed by atoms with E-state index in [0.717, 1.165) is 6.42 Å². The van der Waals surface area contributed by atoms with Gasteiger partial charge in [0.05, 0.1) is 0 Å². The van der Waals surface area contributed by atoms with E-state index in [9.17, 15) is 0 Å². The van der Waals surface area contributed by atoms with Crippen LogP contribution in [-0.2, 0) is 6.42 Å². The Morgan fingerprint density at radius 1 is 0.158 bits per heavy atom. The minimum absolute atomic E-state index is 1.10. The topological polar surface area (TPSA) is 0 Å². The average molecular weight is 1220 g/mol. The van der Waals surface area contributed by atoms with E-state index in [1.54, 1.807) is 0 Å². The van der Waals surface area contributed by atoms with Gasteiger partial charge in [-0.15, -0.1) is 0 Å². The molecule has 0 saturated heterocycles. The van der Waals surface area contributed by atoms with Crippen molar-refractivity contribution >= 4 is 86.2 Å². The van der Waals surface area contributed by atoms with Crippen LogP contribution < -0.4 is 0 Å². The van der Waals surface area contributed by atoms with Gasteiger partial charge in [0.25, 0.3) is 0 Å². The predicted octanol–water partition coefficient (Wildman–Crippen LogP) is 26.6. The van der Waals surface area contributed by atoms with Crippen LogP contribution >= 0.6 is 0 Å². The van der Waals surface area contributed by atoms with Gasteiger partial charge in [-0.3, -0.25) is 0 Å². The van der Waals surface area contributed by atoms with Crippen LogP contribution in [0.5, 0.6) is 0 Å². The molecule has 0 bridgehead atoms. The number of fused-ring (bicyclic) bond motifs is 15. The standard InChI is InChI=1S/C18H12.C18H14.2C14H10.C13H10.C10H8.C8H10/c1-2-8-14-13(7-1)15-9-3-4-11-17(15)18-12-6-5-10-16(14)18;1-3-8-15(9-4-1)17-12-7-13-18(14-17)16-10-5-2-6-11-16;1-3-7-13-11(5-1)9-10-12-6-2-4-8-14(12)13;1-2-6-12-10-14-8-4-3-7-13(14)9-11(12)5-1;1-3-7-12-10(5-1)9-11-6-2-4-8-13(11)12;1-2-6-10-8-4-3-7-9(10)5-1;1-7-3-5-8(2)6-4-7/h1-12H;1-14H;2*1-10H;1-8H,9H2;1-8H;3-6H,1-2H3. The Labute approximate surface area is 559 Å². The normalized spacial score (nSPS) is 10.8. The molecule has 0 saturated carbocycles. The van der Waals surface area contributed by atoms with Gasteiger partial charge in [0.1, 0.15) is 0 Å². The van der Waals surface area contributed by atoms with E-state index in [0.29, 0.717) is 0 Å². The van der Waals surface area contributed by atoms with E-state index in [-0.39, 0.29) is 0 Å². The lowest BCUT2D eigenvalue weighted by Gasteiger charge is -2.09. The summed E-state index contributed by atoms with van der Waals surface area (Å²) in [7, 11) is 0. The summed E-state index contributed by atoms with van der Waals surface area (Å²) in [6, 6.07) is 141. The second kappa shape index (κ2) is 30.4. The molecule has 0 aromatic heterocycles. The first kappa shape index (κ1) is 61.9. The lowest BCUT2D eigenvalue weighted by molar-refractivity contribution is 1.26. The van der Waals surface area contributed by atoms with Gasteiger partial charge in [0, 0.05) is 0 Å². The fraction of sp³-hybridized carbons (Fsp3) is 0.0316. The van der Waals surface area contributed by atoms with Crippen LogP contribution in [0.4, 0.5) is 0 Å². The molecule has 1 aliphatic carbocycles. The molecule has 0 aliphatic heterocycles. The van der Waals surface area contributed by atoms with E-state index in [1.807, 2.05) is 12.1 Å². The van der Waals surface area contributed by atoms with Crippen LogP contribution in [0, 0.1) is 13.8 Å². The summed E-state index contributed by atoms with van der Waals surface area (Å²) in [6.07, 6.45) is 1.10. The van der Waals surface area contributed by atoms with Gasteiger partial charge in [0.15, 0.2) is 0 Å². The second-order valence-electron chi connectivity index (χ2n) is 24.0. The highest BCUT2D eigenvalue weighted by molar-refractivity contribution is 6.25. The van der Waals surface area contributed by atoms with Crippen molar-refractivity contribution in [2.24, 2.45) is 0 Å². The Morgan fingerprint density at radius 3 is 0.726 bits per heavy atom. The van der Waals surface area contributed by atoms with Gasteiger partial charge in [-0.2, -0.15) is 0 Å². The van der Waals surface area contributed by atoms with Crippen LogP contribution in [0.2, 0.25) is 0 Å². The van der Waals surface area contributed by atoms with Crippen molar-refractivity contribution in [2.75, 3.05) is 0 Å². The molecule has 0 amide bonds. The molecule has 0 atom stereocenters. The molecule has 0 nitrogen and oxygen atoms in total. The van der Waals surface area contributed by atoms with Gasteiger partial charge in [-0.1, -0.05) is 393 Å². The molecule has 1 aliphatic rings. The summed E-state index contributed by atoms with van der Waals surface area (Å²) in [5, 5.41) is 21.2. The SMILES string of the molecule is Cc1ccc(C)cc1.c1ccc(-c2cccc(-c3ccccc3)c2)cc1.c1ccc2c(c1)Cc1ccccc1-2.c1ccc2c(c1)c1ccccc1c1ccccc21.c1ccc2c(c1)ccc1ccccc12.c1ccc2cc3ccccc3cc2c1.c1ccc2ccccc2c1. The molecule has 95 heavy (non-hydrogen) atoms. The summed E-state index contributed by atoms with van der Waals surface area (Å²) < 4.78 is 0. The van der Waals surface area contributed by atoms with Crippen molar-refractivity contribution in [3.05, 3.63) is 423 Å². The minimum Gasteiger partial charge on any atom is -0.0622 e. The first-order valence-electron chi connectivity index (χ1n) is 32.8. The third kappa shape index (κ3) is 15.2. The fourth-order valence-electron chi connectivity index (χ4n) is 12.7. The van der Waals surface area contributed by atoms with E-state index in [1.165, 1.54) is 142 Å². The highest BCUT2D eigenvalue weighted by Gasteiger charge is 2.16. The maximum atomic E-state index is 2.24. The predicted molar refractivity (Wildman–Crippen MR) is 414 cm³/mol. The van der Waals surface area contributed by atoms with Crippen molar-refractivity contribution in [1.82, 2.24) is 0 Å². The zero-order valence-corrected chi connectivity index (χ0v) is 53.8. The second-order valence-corrected chi connectivity index (χ2v) is 24.0. The molecule has 0 fully saturated rings. The van der Waals surface area contributed by atoms with Crippen LogP contribution in [0.3, 0.4) is 0 Å². The van der Waals surface area contributed by atoms with Crippen LogP contribution in [-0.4, -0.2) is 0 Å². The van der Waals surface area contributed by atoms with E-state index in [2.05, 4.69) is 402 Å². The summed E-state index contributed by atoms with van der Waals surface area (Å²) in [6.45, 7) is 4.19. The zero-order valence-electron chi connectivity index (χ0n) is 53.8. The molecule has 454 valence electrons. The maximum absolute atomic E-state index is 2.24. The molecule has 18 aromatic carbocycles. The molecule has 0 N–H and O–H groups in total. The molecule has 0 unspecified atom stereocenters. The Kier molecular flexibility index (Phi) is 19.8. The Hall–Kier alpha value is -12.0. The molecule has 0 heterocycles. The largest absolute Gasteiger partial charge is 0.0622 e. The molecule has 19 rings (SSSR count). The molecular formula is C95H74. The first-order chi connectivity index (χ1) is 47.0. The van der Waals surface area contributed by atoms with Crippen molar-refractivity contribution in [3.63, 3.8) is 0 Å². The number of hydrogen-bond donors (Lipinski definition) is 0. The van der Waals surface area contributed by atoms with E-state index >= 15 is 0 Å². The van der Waals surface area contributed by atoms with Crippen LogP contribution in [0.25, 0.3) is 120 Å². The van der Waals surface area contributed by atoms with Crippen molar-refractivity contribution in [3.8, 4) is 33.4 Å². The summed E-state index contributed by atoms with van der Waals surface area (Å²) in [5.74, 6) is 0. The Morgan fingerprint density at radius 2 is 0.400 bits per heavy atom. The highest BCUT2D eigenvalue weighted by atomic mass is 14.2. The third-order valence-corrected chi connectivity index (χ3v) is 17.6. The third-order valence-electron chi connectivity index (χ3n) is 17.6. The monoisotopic (exact) mass is 1210 g/mol.